The summed E-state index contributed by atoms with van der Waals surface area (Å²) >= 11 is 11.3. The molecule has 0 unspecified atom stereocenters. The van der Waals surface area contributed by atoms with E-state index in [0.29, 0.717) is 15.6 Å². The first-order valence-corrected chi connectivity index (χ1v) is 6.58. The highest BCUT2D eigenvalue weighted by atomic mass is 35.5. The fraction of sp³-hybridized carbons (Fsp3) is 0. The van der Waals surface area contributed by atoms with E-state index in [1.807, 2.05) is 54.6 Å². The summed E-state index contributed by atoms with van der Waals surface area (Å²) in [4.78, 5) is 3.41. The van der Waals surface area contributed by atoms with Crippen LogP contribution in [0.2, 0.25) is 5.02 Å². The molecule has 94 valence electrons. The number of halogens is 1. The quantitative estimate of drug-likeness (QED) is 0.646. The predicted octanol–water partition coefficient (Wildman–Crippen LogP) is 5.32. The highest BCUT2D eigenvalue weighted by Crippen LogP contribution is 2.35. The van der Waals surface area contributed by atoms with E-state index < -0.39 is 0 Å². The van der Waals surface area contributed by atoms with Crippen molar-refractivity contribution in [2.24, 2.45) is 0 Å². The van der Waals surface area contributed by atoms with E-state index in [2.05, 4.69) is 4.98 Å². The summed E-state index contributed by atoms with van der Waals surface area (Å²) in [5.41, 5.74) is 2.65. The van der Waals surface area contributed by atoms with Gasteiger partial charge in [0.2, 0.25) is 0 Å². The van der Waals surface area contributed by atoms with Gasteiger partial charge in [0.25, 0.3) is 4.84 Å². The molecule has 0 aliphatic rings. The standard InChI is InChI=1S/C15H10ClNOS/c16-12-9-5-4-8-11(12)13-14(18-15(19)17-13)10-6-2-1-3-7-10/h1-9H,(H,17,19). The van der Waals surface area contributed by atoms with Gasteiger partial charge in [-0.2, -0.15) is 0 Å². The minimum absolute atomic E-state index is 0.341. The summed E-state index contributed by atoms with van der Waals surface area (Å²) in [5.74, 6) is 0.707. The lowest BCUT2D eigenvalue weighted by Crippen LogP contribution is -1.83. The third kappa shape index (κ3) is 2.35. The van der Waals surface area contributed by atoms with Crippen molar-refractivity contribution in [3.63, 3.8) is 0 Å². The van der Waals surface area contributed by atoms with E-state index in [0.717, 1.165) is 16.8 Å². The molecule has 0 radical (unpaired) electrons. The number of hydrogen-bond donors (Lipinski definition) is 1. The number of benzene rings is 2. The Labute approximate surface area is 120 Å². The van der Waals surface area contributed by atoms with Crippen LogP contribution in [0.1, 0.15) is 0 Å². The van der Waals surface area contributed by atoms with Crippen LogP contribution in [-0.2, 0) is 0 Å². The number of hydrogen-bond acceptors (Lipinski definition) is 2. The van der Waals surface area contributed by atoms with Crippen molar-refractivity contribution in [1.82, 2.24) is 4.98 Å². The number of nitrogens with one attached hydrogen (secondary N) is 1. The number of oxazole rings is 1. The van der Waals surface area contributed by atoms with E-state index >= 15 is 0 Å². The third-order valence-electron chi connectivity index (χ3n) is 2.83. The van der Waals surface area contributed by atoms with E-state index in [4.69, 9.17) is 28.2 Å². The van der Waals surface area contributed by atoms with Gasteiger partial charge in [-0.25, -0.2) is 0 Å². The lowest BCUT2D eigenvalue weighted by Gasteiger charge is -2.04. The van der Waals surface area contributed by atoms with Crippen molar-refractivity contribution < 1.29 is 4.42 Å². The van der Waals surface area contributed by atoms with Crippen molar-refractivity contribution in [2.45, 2.75) is 0 Å². The molecule has 2 nitrogen and oxygen atoms in total. The Bertz CT molecular complexity index is 761. The zero-order valence-electron chi connectivity index (χ0n) is 9.89. The molecule has 3 rings (SSSR count). The van der Waals surface area contributed by atoms with Gasteiger partial charge in [-0.15, -0.1) is 0 Å². The molecule has 0 saturated carbocycles. The summed E-state index contributed by atoms with van der Waals surface area (Å²) in [5, 5.41) is 0.659. The van der Waals surface area contributed by atoms with Gasteiger partial charge in [0.15, 0.2) is 5.76 Å². The Morgan fingerprint density at radius 3 is 2.37 bits per heavy atom. The lowest BCUT2D eigenvalue weighted by molar-refractivity contribution is 0.554. The Morgan fingerprint density at radius 2 is 1.63 bits per heavy atom. The molecule has 0 saturated heterocycles. The lowest BCUT2D eigenvalue weighted by atomic mass is 10.1. The maximum absolute atomic E-state index is 6.23. The molecule has 1 N–H and O–H groups in total. The van der Waals surface area contributed by atoms with Gasteiger partial charge in [-0.05, 0) is 18.3 Å². The smallest absolute Gasteiger partial charge is 0.266 e. The minimum Gasteiger partial charge on any atom is -0.429 e. The second kappa shape index (κ2) is 5.03. The van der Waals surface area contributed by atoms with Crippen LogP contribution in [0.4, 0.5) is 0 Å². The van der Waals surface area contributed by atoms with Crippen LogP contribution in [-0.4, -0.2) is 4.98 Å². The number of aromatic nitrogens is 1. The molecule has 1 heterocycles. The van der Waals surface area contributed by atoms with Crippen molar-refractivity contribution in [2.75, 3.05) is 0 Å². The largest absolute Gasteiger partial charge is 0.429 e. The molecule has 0 fully saturated rings. The zero-order valence-corrected chi connectivity index (χ0v) is 11.5. The van der Waals surface area contributed by atoms with E-state index in [-0.39, 0.29) is 0 Å². The first kappa shape index (κ1) is 12.2. The molecule has 4 heteroatoms. The average molecular weight is 288 g/mol. The van der Waals surface area contributed by atoms with Crippen molar-refractivity contribution in [3.8, 4) is 22.6 Å². The molecule has 0 atom stereocenters. The van der Waals surface area contributed by atoms with Gasteiger partial charge in [-0.1, -0.05) is 60.1 Å². The molecule has 19 heavy (non-hydrogen) atoms. The van der Waals surface area contributed by atoms with Gasteiger partial charge >= 0.3 is 0 Å². The van der Waals surface area contributed by atoms with Crippen molar-refractivity contribution >= 4 is 23.8 Å². The molecular formula is C15H10ClNOS. The van der Waals surface area contributed by atoms with Crippen LogP contribution < -0.4 is 0 Å². The Hall–Kier alpha value is -1.84. The Kier molecular flexibility index (Phi) is 3.23. The first-order chi connectivity index (χ1) is 9.25. The Morgan fingerprint density at radius 1 is 0.947 bits per heavy atom. The van der Waals surface area contributed by atoms with Crippen molar-refractivity contribution in [3.05, 3.63) is 64.5 Å². The minimum atomic E-state index is 0.341. The molecule has 3 aromatic rings. The van der Waals surface area contributed by atoms with Crippen LogP contribution in [0.25, 0.3) is 22.6 Å². The topological polar surface area (TPSA) is 28.9 Å². The highest BCUT2D eigenvalue weighted by molar-refractivity contribution is 7.71. The molecule has 0 aliphatic carbocycles. The number of aromatic amines is 1. The summed E-state index contributed by atoms with van der Waals surface area (Å²) < 4.78 is 5.61. The van der Waals surface area contributed by atoms with Gasteiger partial charge in [-0.3, -0.25) is 0 Å². The van der Waals surface area contributed by atoms with Crippen LogP contribution in [0, 0.1) is 4.84 Å². The second-order valence-corrected chi connectivity index (χ2v) is 4.84. The van der Waals surface area contributed by atoms with E-state index in [9.17, 15) is 0 Å². The fourth-order valence-corrected chi connectivity index (χ4v) is 2.39. The molecule has 0 amide bonds. The van der Waals surface area contributed by atoms with Gasteiger partial charge in [0, 0.05) is 11.1 Å². The molecule has 1 aromatic heterocycles. The number of rotatable bonds is 2. The monoisotopic (exact) mass is 287 g/mol. The van der Waals surface area contributed by atoms with Crippen LogP contribution in [0.15, 0.2) is 59.0 Å². The summed E-state index contributed by atoms with van der Waals surface area (Å²) in [6.45, 7) is 0. The van der Waals surface area contributed by atoms with Gasteiger partial charge < -0.3 is 9.40 Å². The van der Waals surface area contributed by atoms with E-state index in [1.54, 1.807) is 0 Å². The molecule has 0 aliphatic heterocycles. The van der Waals surface area contributed by atoms with Crippen LogP contribution in [0.5, 0.6) is 0 Å². The summed E-state index contributed by atoms with van der Waals surface area (Å²) in [6.07, 6.45) is 0. The molecule has 0 bridgehead atoms. The van der Waals surface area contributed by atoms with Crippen LogP contribution >= 0.6 is 23.8 Å². The second-order valence-electron chi connectivity index (χ2n) is 4.06. The maximum atomic E-state index is 6.23. The fourth-order valence-electron chi connectivity index (χ4n) is 1.97. The average Bonchev–Trinajstić information content (AvgIpc) is 2.82. The summed E-state index contributed by atoms with van der Waals surface area (Å²) in [6, 6.07) is 17.4. The number of H-pyrrole nitrogens is 1. The normalized spacial score (nSPS) is 10.6. The first-order valence-electron chi connectivity index (χ1n) is 5.79. The van der Waals surface area contributed by atoms with Gasteiger partial charge in [0.05, 0.1) is 10.7 Å². The third-order valence-corrected chi connectivity index (χ3v) is 3.34. The van der Waals surface area contributed by atoms with Gasteiger partial charge in [0.1, 0.15) is 0 Å². The predicted molar refractivity (Wildman–Crippen MR) is 79.8 cm³/mol. The Balaban J connectivity index is 2.24. The SMILES string of the molecule is S=c1[nH]c(-c2ccccc2Cl)c(-c2ccccc2)o1. The molecule has 2 aromatic carbocycles. The van der Waals surface area contributed by atoms with Crippen LogP contribution in [0.3, 0.4) is 0 Å². The summed E-state index contributed by atoms with van der Waals surface area (Å²) in [7, 11) is 0. The molecular weight excluding hydrogens is 278 g/mol. The van der Waals surface area contributed by atoms with E-state index in [1.165, 1.54) is 0 Å². The maximum Gasteiger partial charge on any atom is 0.266 e. The molecule has 0 spiro atoms. The highest BCUT2D eigenvalue weighted by Gasteiger charge is 2.14. The van der Waals surface area contributed by atoms with Crippen molar-refractivity contribution in [1.29, 1.82) is 0 Å². The zero-order chi connectivity index (χ0) is 13.2.